The van der Waals surface area contributed by atoms with Gasteiger partial charge in [-0.25, -0.2) is 0 Å². The van der Waals surface area contributed by atoms with E-state index in [1.165, 1.54) is 38.5 Å². The van der Waals surface area contributed by atoms with Crippen LogP contribution in [0.5, 0.6) is 0 Å². The van der Waals surface area contributed by atoms with Crippen molar-refractivity contribution in [2.24, 2.45) is 0 Å². The van der Waals surface area contributed by atoms with Gasteiger partial charge in [0.1, 0.15) is 0 Å². The maximum Gasteiger partial charge on any atom is 0.0693 e. The van der Waals surface area contributed by atoms with E-state index >= 15 is 0 Å². The second-order valence-electron chi connectivity index (χ2n) is 5.02. The second-order valence-corrected chi connectivity index (χ2v) is 5.02. The summed E-state index contributed by atoms with van der Waals surface area (Å²) < 4.78 is 0. The molecule has 1 aliphatic carbocycles. The first kappa shape index (κ1) is 13.0. The van der Waals surface area contributed by atoms with Gasteiger partial charge in [-0.3, -0.25) is 0 Å². The Morgan fingerprint density at radius 3 is 2.67 bits per heavy atom. The molecule has 0 unspecified atom stereocenters. The van der Waals surface area contributed by atoms with Gasteiger partial charge in [-0.2, -0.15) is 0 Å². The van der Waals surface area contributed by atoms with Crippen molar-refractivity contribution in [3.63, 3.8) is 0 Å². The number of rotatable bonds is 6. The zero-order valence-electron chi connectivity index (χ0n) is 10.3. The Bertz CT molecular complexity index is 161. The zero-order valence-corrected chi connectivity index (χ0v) is 10.3. The molecule has 90 valence electrons. The minimum Gasteiger partial charge on any atom is -0.392 e. The summed E-state index contributed by atoms with van der Waals surface area (Å²) in [6.07, 6.45) is 9.69. The standard InChI is InChI=1S/C13H27NO/c1-3-4-5-8-11(2)14-12-9-6-7-10-13(12)15/h11-15H,3-10H2,1-2H3/t11-,12+,13+/m1/s1. The number of nitrogens with one attached hydrogen (secondary N) is 1. The molecule has 0 aromatic rings. The van der Waals surface area contributed by atoms with Crippen LogP contribution in [0.25, 0.3) is 0 Å². The predicted molar refractivity (Wildman–Crippen MR) is 65.0 cm³/mol. The molecule has 0 aromatic heterocycles. The number of aliphatic hydroxyl groups is 1. The van der Waals surface area contributed by atoms with E-state index in [0.717, 1.165) is 12.8 Å². The van der Waals surface area contributed by atoms with Crippen LogP contribution >= 0.6 is 0 Å². The lowest BCUT2D eigenvalue weighted by Gasteiger charge is -2.31. The van der Waals surface area contributed by atoms with Gasteiger partial charge in [0.2, 0.25) is 0 Å². The van der Waals surface area contributed by atoms with E-state index in [2.05, 4.69) is 19.2 Å². The van der Waals surface area contributed by atoms with Crippen molar-refractivity contribution in [2.75, 3.05) is 0 Å². The van der Waals surface area contributed by atoms with Gasteiger partial charge in [0.05, 0.1) is 6.10 Å². The lowest BCUT2D eigenvalue weighted by Crippen LogP contribution is -2.46. The highest BCUT2D eigenvalue weighted by Gasteiger charge is 2.23. The minimum atomic E-state index is -0.104. The molecule has 1 rings (SSSR count). The van der Waals surface area contributed by atoms with E-state index in [0.29, 0.717) is 12.1 Å². The maximum absolute atomic E-state index is 9.83. The quantitative estimate of drug-likeness (QED) is 0.665. The fourth-order valence-corrected chi connectivity index (χ4v) is 2.46. The molecule has 0 aromatic carbocycles. The van der Waals surface area contributed by atoms with Gasteiger partial charge in [0.25, 0.3) is 0 Å². The van der Waals surface area contributed by atoms with Crippen molar-refractivity contribution in [3.8, 4) is 0 Å². The Balaban J connectivity index is 2.15. The van der Waals surface area contributed by atoms with Crippen molar-refractivity contribution < 1.29 is 5.11 Å². The average Bonchev–Trinajstić information content (AvgIpc) is 2.22. The molecule has 1 saturated carbocycles. The van der Waals surface area contributed by atoms with Crippen molar-refractivity contribution in [1.82, 2.24) is 5.32 Å². The molecule has 2 nitrogen and oxygen atoms in total. The molecule has 0 heterocycles. The Morgan fingerprint density at radius 2 is 2.00 bits per heavy atom. The summed E-state index contributed by atoms with van der Waals surface area (Å²) in [7, 11) is 0. The summed E-state index contributed by atoms with van der Waals surface area (Å²) in [5.41, 5.74) is 0. The fraction of sp³-hybridized carbons (Fsp3) is 1.00. The summed E-state index contributed by atoms with van der Waals surface area (Å²) in [5.74, 6) is 0. The van der Waals surface area contributed by atoms with Crippen LogP contribution in [0.4, 0.5) is 0 Å². The first-order valence-electron chi connectivity index (χ1n) is 6.68. The summed E-state index contributed by atoms with van der Waals surface area (Å²) in [6.45, 7) is 4.49. The summed E-state index contributed by atoms with van der Waals surface area (Å²) >= 11 is 0. The summed E-state index contributed by atoms with van der Waals surface area (Å²) in [4.78, 5) is 0. The number of unbranched alkanes of at least 4 members (excludes halogenated alkanes) is 2. The maximum atomic E-state index is 9.83. The monoisotopic (exact) mass is 213 g/mol. The van der Waals surface area contributed by atoms with E-state index in [9.17, 15) is 5.11 Å². The van der Waals surface area contributed by atoms with Crippen LogP contribution in [0.3, 0.4) is 0 Å². The Kier molecular flexibility index (Phi) is 6.26. The van der Waals surface area contributed by atoms with Gasteiger partial charge in [0.15, 0.2) is 0 Å². The molecular weight excluding hydrogens is 186 g/mol. The van der Waals surface area contributed by atoms with Crippen molar-refractivity contribution in [2.45, 2.75) is 83.4 Å². The summed E-state index contributed by atoms with van der Waals surface area (Å²) in [6, 6.07) is 0.921. The fourth-order valence-electron chi connectivity index (χ4n) is 2.46. The van der Waals surface area contributed by atoms with Gasteiger partial charge >= 0.3 is 0 Å². The Morgan fingerprint density at radius 1 is 1.27 bits per heavy atom. The van der Waals surface area contributed by atoms with Gasteiger partial charge < -0.3 is 10.4 Å². The molecule has 0 amide bonds. The lowest BCUT2D eigenvalue weighted by molar-refractivity contribution is 0.0852. The average molecular weight is 213 g/mol. The van der Waals surface area contributed by atoms with Crippen LogP contribution in [-0.4, -0.2) is 23.3 Å². The minimum absolute atomic E-state index is 0.104. The van der Waals surface area contributed by atoms with Crippen molar-refractivity contribution in [1.29, 1.82) is 0 Å². The Hall–Kier alpha value is -0.0800. The second kappa shape index (κ2) is 7.24. The highest BCUT2D eigenvalue weighted by Crippen LogP contribution is 2.19. The SMILES string of the molecule is CCCCC[C@@H](C)N[C@H]1CCCC[C@@H]1O. The number of hydrogen-bond acceptors (Lipinski definition) is 2. The van der Waals surface area contributed by atoms with E-state index in [4.69, 9.17) is 0 Å². The first-order valence-corrected chi connectivity index (χ1v) is 6.68. The van der Waals surface area contributed by atoms with Gasteiger partial charge in [-0.05, 0) is 26.2 Å². The van der Waals surface area contributed by atoms with Crippen LogP contribution in [0.1, 0.15) is 65.2 Å². The number of aliphatic hydroxyl groups excluding tert-OH is 1. The molecule has 15 heavy (non-hydrogen) atoms. The molecule has 0 radical (unpaired) electrons. The van der Waals surface area contributed by atoms with E-state index < -0.39 is 0 Å². The van der Waals surface area contributed by atoms with Gasteiger partial charge in [-0.1, -0.05) is 39.0 Å². The first-order chi connectivity index (χ1) is 7.24. The van der Waals surface area contributed by atoms with Gasteiger partial charge in [0, 0.05) is 12.1 Å². The van der Waals surface area contributed by atoms with Crippen LogP contribution in [0.15, 0.2) is 0 Å². The van der Waals surface area contributed by atoms with Crippen LogP contribution in [0, 0.1) is 0 Å². The third-order valence-corrected chi connectivity index (χ3v) is 3.47. The molecule has 0 saturated heterocycles. The third-order valence-electron chi connectivity index (χ3n) is 3.47. The van der Waals surface area contributed by atoms with Crippen molar-refractivity contribution >= 4 is 0 Å². The topological polar surface area (TPSA) is 32.3 Å². The molecular formula is C13H27NO. The normalized spacial score (nSPS) is 29.0. The molecule has 1 aliphatic rings. The molecule has 0 aliphatic heterocycles. The summed E-state index contributed by atoms with van der Waals surface area (Å²) in [5, 5.41) is 13.4. The van der Waals surface area contributed by atoms with Crippen molar-refractivity contribution in [3.05, 3.63) is 0 Å². The third kappa shape index (κ3) is 4.98. The number of hydrogen-bond donors (Lipinski definition) is 2. The zero-order chi connectivity index (χ0) is 11.1. The predicted octanol–water partition coefficient (Wildman–Crippen LogP) is 2.85. The Labute approximate surface area is 94.5 Å². The van der Waals surface area contributed by atoms with Crippen LogP contribution < -0.4 is 5.32 Å². The largest absolute Gasteiger partial charge is 0.392 e. The smallest absolute Gasteiger partial charge is 0.0693 e. The molecule has 3 atom stereocenters. The molecule has 2 N–H and O–H groups in total. The lowest BCUT2D eigenvalue weighted by atomic mass is 9.92. The van der Waals surface area contributed by atoms with Crippen LogP contribution in [-0.2, 0) is 0 Å². The van der Waals surface area contributed by atoms with Crippen LogP contribution in [0.2, 0.25) is 0 Å². The highest BCUT2D eigenvalue weighted by molar-refractivity contribution is 4.82. The molecule has 2 heteroatoms. The molecule has 0 spiro atoms. The molecule has 0 bridgehead atoms. The van der Waals surface area contributed by atoms with E-state index in [1.807, 2.05) is 0 Å². The molecule has 1 fully saturated rings. The van der Waals surface area contributed by atoms with E-state index in [-0.39, 0.29) is 6.10 Å². The van der Waals surface area contributed by atoms with Gasteiger partial charge in [-0.15, -0.1) is 0 Å². The van der Waals surface area contributed by atoms with E-state index in [1.54, 1.807) is 0 Å². The highest BCUT2D eigenvalue weighted by atomic mass is 16.3.